The van der Waals surface area contributed by atoms with Gasteiger partial charge >= 0.3 is 0 Å². The Labute approximate surface area is 176 Å². The average Bonchev–Trinajstić information content (AvgIpc) is 2.74. The van der Waals surface area contributed by atoms with Gasteiger partial charge in [-0.15, -0.1) is 0 Å². The van der Waals surface area contributed by atoms with Crippen molar-refractivity contribution in [2.75, 3.05) is 26.2 Å². The third-order valence-corrected chi connectivity index (χ3v) is 7.43. The number of piperazine rings is 1. The first-order valence-electron chi connectivity index (χ1n) is 9.09. The Bertz CT molecular complexity index is 1190. The first-order valence-corrected chi connectivity index (χ1v) is 11.3. The predicted molar refractivity (Wildman–Crippen MR) is 113 cm³/mol. The second kappa shape index (κ2) is 7.85. The van der Waals surface area contributed by atoms with Crippen molar-refractivity contribution in [3.8, 4) is 0 Å². The van der Waals surface area contributed by atoms with E-state index in [9.17, 15) is 17.6 Å². The quantitative estimate of drug-likeness (QED) is 0.576. The molecule has 150 valence electrons. The van der Waals surface area contributed by atoms with E-state index in [2.05, 4.69) is 15.9 Å². The monoisotopic (exact) mass is 476 g/mol. The van der Waals surface area contributed by atoms with Crippen LogP contribution in [0.1, 0.15) is 10.4 Å². The van der Waals surface area contributed by atoms with E-state index in [0.29, 0.717) is 4.47 Å². The minimum absolute atomic E-state index is 0.0230. The molecule has 29 heavy (non-hydrogen) atoms. The number of sulfonamides is 1. The highest BCUT2D eigenvalue weighted by atomic mass is 79.9. The molecule has 3 aromatic rings. The zero-order chi connectivity index (χ0) is 20.6. The summed E-state index contributed by atoms with van der Waals surface area (Å²) in [6.45, 7) is 0.738. The van der Waals surface area contributed by atoms with Crippen LogP contribution in [-0.4, -0.2) is 49.7 Å². The molecule has 0 bridgehead atoms. The normalized spacial score (nSPS) is 15.6. The summed E-state index contributed by atoms with van der Waals surface area (Å²) in [4.78, 5) is 14.4. The van der Waals surface area contributed by atoms with Crippen molar-refractivity contribution in [1.29, 1.82) is 0 Å². The number of rotatable bonds is 3. The van der Waals surface area contributed by atoms with Crippen LogP contribution in [0.5, 0.6) is 0 Å². The Balaban J connectivity index is 1.51. The number of amides is 1. The lowest BCUT2D eigenvalue weighted by Gasteiger charge is -2.34. The molecule has 0 unspecified atom stereocenters. The number of hydrogen-bond acceptors (Lipinski definition) is 3. The first kappa shape index (κ1) is 20.0. The Kier molecular flexibility index (Phi) is 5.42. The molecule has 1 amide bonds. The van der Waals surface area contributed by atoms with E-state index in [1.54, 1.807) is 18.2 Å². The summed E-state index contributed by atoms with van der Waals surface area (Å²) in [5.74, 6) is -1.03. The van der Waals surface area contributed by atoms with Gasteiger partial charge in [-0.2, -0.15) is 4.31 Å². The fourth-order valence-corrected chi connectivity index (χ4v) is 5.26. The van der Waals surface area contributed by atoms with E-state index in [0.717, 1.165) is 10.8 Å². The van der Waals surface area contributed by atoms with E-state index >= 15 is 0 Å². The van der Waals surface area contributed by atoms with Crippen molar-refractivity contribution in [3.63, 3.8) is 0 Å². The molecule has 5 nitrogen and oxygen atoms in total. The molecule has 1 aliphatic rings. The summed E-state index contributed by atoms with van der Waals surface area (Å²) in [7, 11) is -3.67. The van der Waals surface area contributed by atoms with Crippen molar-refractivity contribution in [1.82, 2.24) is 9.21 Å². The van der Waals surface area contributed by atoms with Crippen LogP contribution in [0.25, 0.3) is 10.8 Å². The molecule has 1 aliphatic heterocycles. The van der Waals surface area contributed by atoms with Crippen molar-refractivity contribution in [3.05, 3.63) is 76.5 Å². The summed E-state index contributed by atoms with van der Waals surface area (Å²) in [6.07, 6.45) is 0. The highest BCUT2D eigenvalue weighted by Gasteiger charge is 2.31. The van der Waals surface area contributed by atoms with Gasteiger partial charge in [0, 0.05) is 30.7 Å². The molecule has 0 aromatic heterocycles. The molecule has 0 N–H and O–H groups in total. The van der Waals surface area contributed by atoms with Gasteiger partial charge in [0.15, 0.2) is 0 Å². The van der Waals surface area contributed by atoms with Crippen LogP contribution in [0.4, 0.5) is 4.39 Å². The van der Waals surface area contributed by atoms with Crippen molar-refractivity contribution < 1.29 is 17.6 Å². The van der Waals surface area contributed by atoms with E-state index in [-0.39, 0.29) is 36.6 Å². The summed E-state index contributed by atoms with van der Waals surface area (Å²) in [5, 5.41) is 1.82. The smallest absolute Gasteiger partial charge is 0.256 e. The van der Waals surface area contributed by atoms with Crippen LogP contribution in [0.15, 0.2) is 70.0 Å². The van der Waals surface area contributed by atoms with Gasteiger partial charge in [0.2, 0.25) is 10.0 Å². The number of carbonyl (C=O) groups is 1. The topological polar surface area (TPSA) is 57.7 Å². The van der Waals surface area contributed by atoms with Crippen LogP contribution in [0.3, 0.4) is 0 Å². The molecule has 8 heteroatoms. The van der Waals surface area contributed by atoms with E-state index in [1.807, 2.05) is 24.3 Å². The van der Waals surface area contributed by atoms with E-state index in [1.165, 1.54) is 27.4 Å². The summed E-state index contributed by atoms with van der Waals surface area (Å²) in [6, 6.07) is 16.8. The largest absolute Gasteiger partial charge is 0.336 e. The zero-order valence-corrected chi connectivity index (χ0v) is 17.8. The average molecular weight is 477 g/mol. The number of halogens is 2. The molecule has 1 heterocycles. The van der Waals surface area contributed by atoms with Crippen LogP contribution < -0.4 is 0 Å². The Morgan fingerprint density at radius 2 is 1.59 bits per heavy atom. The van der Waals surface area contributed by atoms with Gasteiger partial charge in [0.05, 0.1) is 10.5 Å². The summed E-state index contributed by atoms with van der Waals surface area (Å²) in [5.41, 5.74) is -0.0230. The SMILES string of the molecule is O=C(c1cc(Br)ccc1F)N1CCN(S(=O)(=O)c2ccc3ccccc3c2)CC1. The van der Waals surface area contributed by atoms with E-state index < -0.39 is 21.7 Å². The molecular formula is C21H18BrFN2O3S. The molecule has 4 rings (SSSR count). The highest BCUT2D eigenvalue weighted by Crippen LogP contribution is 2.24. The Morgan fingerprint density at radius 3 is 2.31 bits per heavy atom. The molecule has 3 aromatic carbocycles. The number of hydrogen-bond donors (Lipinski definition) is 0. The molecule has 0 aliphatic carbocycles. The fraction of sp³-hybridized carbons (Fsp3) is 0.190. The molecule has 0 spiro atoms. The van der Waals surface area contributed by atoms with Gasteiger partial charge in [-0.25, -0.2) is 12.8 Å². The van der Waals surface area contributed by atoms with Crippen LogP contribution in [0, 0.1) is 5.82 Å². The second-order valence-electron chi connectivity index (χ2n) is 6.83. The molecule has 0 atom stereocenters. The maximum atomic E-state index is 14.0. The van der Waals surface area contributed by atoms with Gasteiger partial charge in [0.1, 0.15) is 5.82 Å². The van der Waals surface area contributed by atoms with Gasteiger partial charge in [-0.3, -0.25) is 4.79 Å². The maximum absolute atomic E-state index is 14.0. The van der Waals surface area contributed by atoms with Crippen molar-refractivity contribution >= 4 is 42.6 Å². The summed E-state index contributed by atoms with van der Waals surface area (Å²) < 4.78 is 42.1. The molecular weight excluding hydrogens is 459 g/mol. The lowest BCUT2D eigenvalue weighted by Crippen LogP contribution is -2.50. The number of carbonyl (C=O) groups excluding carboxylic acids is 1. The first-order chi connectivity index (χ1) is 13.9. The van der Waals surface area contributed by atoms with E-state index in [4.69, 9.17) is 0 Å². The standard InChI is InChI=1S/C21H18BrFN2O3S/c22-17-6-8-20(23)19(14-17)21(26)24-9-11-25(12-10-24)29(27,28)18-7-5-15-3-1-2-4-16(15)13-18/h1-8,13-14H,9-12H2. The van der Waals surface area contributed by atoms with Gasteiger partial charge in [-0.1, -0.05) is 46.3 Å². The minimum Gasteiger partial charge on any atom is -0.336 e. The van der Waals surface area contributed by atoms with Gasteiger partial charge in [0.25, 0.3) is 5.91 Å². The molecule has 0 radical (unpaired) electrons. The van der Waals surface area contributed by atoms with Crippen molar-refractivity contribution in [2.45, 2.75) is 4.90 Å². The maximum Gasteiger partial charge on any atom is 0.256 e. The molecule has 0 saturated carbocycles. The van der Waals surface area contributed by atoms with Crippen LogP contribution in [-0.2, 0) is 10.0 Å². The van der Waals surface area contributed by atoms with Gasteiger partial charge < -0.3 is 4.90 Å². The number of benzene rings is 3. The highest BCUT2D eigenvalue weighted by molar-refractivity contribution is 9.10. The third-order valence-electron chi connectivity index (χ3n) is 5.04. The third kappa shape index (κ3) is 3.92. The Morgan fingerprint density at radius 1 is 0.897 bits per heavy atom. The van der Waals surface area contributed by atoms with Gasteiger partial charge in [-0.05, 0) is 41.1 Å². The number of nitrogens with zero attached hydrogens (tertiary/aromatic N) is 2. The number of fused-ring (bicyclic) bond motifs is 1. The van der Waals surface area contributed by atoms with Crippen LogP contribution in [0.2, 0.25) is 0 Å². The lowest BCUT2D eigenvalue weighted by atomic mass is 10.1. The second-order valence-corrected chi connectivity index (χ2v) is 9.68. The zero-order valence-electron chi connectivity index (χ0n) is 15.4. The fourth-order valence-electron chi connectivity index (χ4n) is 3.44. The summed E-state index contributed by atoms with van der Waals surface area (Å²) >= 11 is 3.24. The lowest BCUT2D eigenvalue weighted by molar-refractivity contribution is 0.0693. The van der Waals surface area contributed by atoms with Crippen LogP contribution >= 0.6 is 15.9 Å². The Hall–Kier alpha value is -2.29. The minimum atomic E-state index is -3.67. The predicted octanol–water partition coefficient (Wildman–Crippen LogP) is 3.89. The molecule has 1 fully saturated rings. The van der Waals surface area contributed by atoms with Crippen molar-refractivity contribution in [2.24, 2.45) is 0 Å². The molecule has 1 saturated heterocycles.